The third kappa shape index (κ3) is 2.82. The van der Waals surface area contributed by atoms with E-state index >= 15 is 0 Å². The Morgan fingerprint density at radius 3 is 2.79 bits per heavy atom. The molecule has 1 saturated carbocycles. The van der Waals surface area contributed by atoms with Crippen molar-refractivity contribution < 1.29 is 9.84 Å². The third-order valence-electron chi connectivity index (χ3n) is 5.21. The molecule has 1 spiro atoms. The maximum atomic E-state index is 10.0. The van der Waals surface area contributed by atoms with Crippen molar-refractivity contribution in [2.45, 2.75) is 62.3 Å². The monoisotopic (exact) mass is 268 g/mol. The summed E-state index contributed by atoms with van der Waals surface area (Å²) in [5.41, 5.74) is 0.207. The number of aliphatic hydroxyl groups excluding tert-OH is 1. The molecule has 0 bridgehead atoms. The van der Waals surface area contributed by atoms with E-state index in [4.69, 9.17) is 4.74 Å². The number of ether oxygens (including phenoxy) is 1. The summed E-state index contributed by atoms with van der Waals surface area (Å²) in [5.74, 6) is 0. The second-order valence-corrected chi connectivity index (χ2v) is 7.03. The van der Waals surface area contributed by atoms with E-state index in [0.717, 1.165) is 32.5 Å². The molecule has 110 valence electrons. The molecule has 0 aromatic heterocycles. The number of nitrogens with zero attached hydrogens (tertiary/aromatic N) is 2. The lowest BCUT2D eigenvalue weighted by Crippen LogP contribution is -2.54. The van der Waals surface area contributed by atoms with Crippen molar-refractivity contribution in [3.8, 4) is 0 Å². The normalized spacial score (nSPS) is 38.8. The number of rotatable bonds is 3. The highest BCUT2D eigenvalue weighted by Gasteiger charge is 2.46. The van der Waals surface area contributed by atoms with Crippen molar-refractivity contribution in [3.05, 3.63) is 0 Å². The van der Waals surface area contributed by atoms with Gasteiger partial charge in [0.25, 0.3) is 0 Å². The van der Waals surface area contributed by atoms with Crippen LogP contribution >= 0.6 is 0 Å². The van der Waals surface area contributed by atoms with E-state index in [-0.39, 0.29) is 11.7 Å². The summed E-state index contributed by atoms with van der Waals surface area (Å²) < 4.78 is 6.03. The second-order valence-electron chi connectivity index (χ2n) is 7.03. The molecule has 0 amide bonds. The van der Waals surface area contributed by atoms with Gasteiger partial charge in [-0.1, -0.05) is 0 Å². The van der Waals surface area contributed by atoms with Crippen molar-refractivity contribution in [2.24, 2.45) is 0 Å². The van der Waals surface area contributed by atoms with Crippen LogP contribution in [0.1, 0.15) is 38.5 Å². The molecule has 2 aliphatic heterocycles. The molecule has 4 nitrogen and oxygen atoms in total. The maximum Gasteiger partial charge on any atom is 0.0697 e. The van der Waals surface area contributed by atoms with Crippen LogP contribution in [0.15, 0.2) is 0 Å². The van der Waals surface area contributed by atoms with Gasteiger partial charge in [-0.15, -0.1) is 0 Å². The predicted octanol–water partition coefficient (Wildman–Crippen LogP) is 1.08. The first-order valence-corrected chi connectivity index (χ1v) is 7.80. The van der Waals surface area contributed by atoms with E-state index in [9.17, 15) is 5.11 Å². The van der Waals surface area contributed by atoms with Gasteiger partial charge in [-0.2, -0.15) is 0 Å². The zero-order valence-corrected chi connectivity index (χ0v) is 12.3. The van der Waals surface area contributed by atoms with Gasteiger partial charge in [0, 0.05) is 31.8 Å². The molecule has 0 aromatic rings. The van der Waals surface area contributed by atoms with Crippen molar-refractivity contribution in [2.75, 3.05) is 33.8 Å². The Morgan fingerprint density at radius 2 is 2.16 bits per heavy atom. The van der Waals surface area contributed by atoms with Crippen LogP contribution < -0.4 is 0 Å². The fourth-order valence-electron chi connectivity index (χ4n) is 4.17. The van der Waals surface area contributed by atoms with Crippen LogP contribution in [-0.4, -0.2) is 72.5 Å². The average molecular weight is 268 g/mol. The van der Waals surface area contributed by atoms with Gasteiger partial charge >= 0.3 is 0 Å². The Hall–Kier alpha value is -0.160. The number of β-amino-alcohol motifs (C(OH)–C–C–N with tert-alkyl or cyclic N) is 1. The van der Waals surface area contributed by atoms with E-state index in [0.29, 0.717) is 12.1 Å². The molecule has 3 rings (SSSR count). The van der Waals surface area contributed by atoms with Crippen LogP contribution in [0.4, 0.5) is 0 Å². The summed E-state index contributed by atoms with van der Waals surface area (Å²) >= 11 is 0. The Morgan fingerprint density at radius 1 is 1.37 bits per heavy atom. The number of likely N-dealkylation sites (N-methyl/N-ethyl adjacent to an activating group) is 1. The van der Waals surface area contributed by atoms with Gasteiger partial charge in [0.2, 0.25) is 0 Å². The van der Waals surface area contributed by atoms with Gasteiger partial charge in [0.05, 0.1) is 11.7 Å². The fraction of sp³-hybridized carbons (Fsp3) is 1.00. The quantitative estimate of drug-likeness (QED) is 0.831. The topological polar surface area (TPSA) is 35.9 Å². The Kier molecular flexibility index (Phi) is 3.87. The highest BCUT2D eigenvalue weighted by Crippen LogP contribution is 2.44. The SMILES string of the molecule is CN(C)CC1CC(O)CN1C1CCOC2(CCC2)C1. The largest absolute Gasteiger partial charge is 0.392 e. The van der Waals surface area contributed by atoms with Crippen molar-refractivity contribution >= 4 is 0 Å². The summed E-state index contributed by atoms with van der Waals surface area (Å²) in [6, 6.07) is 1.14. The molecule has 3 atom stereocenters. The van der Waals surface area contributed by atoms with Gasteiger partial charge in [0.15, 0.2) is 0 Å². The first-order valence-electron chi connectivity index (χ1n) is 7.80. The predicted molar refractivity (Wildman–Crippen MR) is 75.2 cm³/mol. The number of hydrogen-bond acceptors (Lipinski definition) is 4. The number of hydrogen-bond donors (Lipinski definition) is 1. The third-order valence-corrected chi connectivity index (χ3v) is 5.21. The Bertz CT molecular complexity index is 317. The van der Waals surface area contributed by atoms with Crippen LogP contribution in [0.2, 0.25) is 0 Å². The molecule has 2 heterocycles. The molecular weight excluding hydrogens is 240 g/mol. The Balaban J connectivity index is 1.65. The summed E-state index contributed by atoms with van der Waals surface area (Å²) in [7, 11) is 4.25. The second kappa shape index (κ2) is 5.32. The molecule has 3 unspecified atom stereocenters. The molecule has 1 N–H and O–H groups in total. The van der Waals surface area contributed by atoms with Gasteiger partial charge < -0.3 is 14.7 Å². The molecule has 19 heavy (non-hydrogen) atoms. The molecule has 4 heteroatoms. The van der Waals surface area contributed by atoms with E-state index in [2.05, 4.69) is 23.9 Å². The van der Waals surface area contributed by atoms with Crippen molar-refractivity contribution in [1.29, 1.82) is 0 Å². The van der Waals surface area contributed by atoms with Crippen molar-refractivity contribution in [1.82, 2.24) is 9.80 Å². The zero-order valence-electron chi connectivity index (χ0n) is 12.3. The minimum atomic E-state index is -0.134. The highest BCUT2D eigenvalue weighted by atomic mass is 16.5. The lowest BCUT2D eigenvalue weighted by atomic mass is 9.73. The molecular formula is C15H28N2O2. The summed E-state index contributed by atoms with van der Waals surface area (Å²) in [6.45, 7) is 2.83. The lowest BCUT2D eigenvalue weighted by molar-refractivity contribution is -0.150. The van der Waals surface area contributed by atoms with Crippen LogP contribution in [0.25, 0.3) is 0 Å². The summed E-state index contributed by atoms with van der Waals surface area (Å²) in [6.07, 6.45) is 6.95. The average Bonchev–Trinajstić information content (AvgIpc) is 2.67. The molecule has 1 aliphatic carbocycles. The zero-order chi connectivity index (χ0) is 13.5. The van der Waals surface area contributed by atoms with Crippen LogP contribution in [0, 0.1) is 0 Å². The first-order chi connectivity index (χ1) is 9.08. The summed E-state index contributed by atoms with van der Waals surface area (Å²) in [5, 5.41) is 10.0. The van der Waals surface area contributed by atoms with Gasteiger partial charge in [-0.05, 0) is 52.6 Å². The molecule has 0 radical (unpaired) electrons. The van der Waals surface area contributed by atoms with Gasteiger partial charge in [0.1, 0.15) is 0 Å². The standard InChI is InChI=1S/C15H28N2O2/c1-16(2)10-13-8-14(18)11-17(13)12-4-7-19-15(9-12)5-3-6-15/h12-14,18H,3-11H2,1-2H3. The molecule has 2 saturated heterocycles. The van der Waals surface area contributed by atoms with Gasteiger partial charge in [-0.25, -0.2) is 0 Å². The van der Waals surface area contributed by atoms with E-state index in [1.165, 1.54) is 25.7 Å². The van der Waals surface area contributed by atoms with Crippen molar-refractivity contribution in [3.63, 3.8) is 0 Å². The molecule has 3 aliphatic rings. The lowest BCUT2D eigenvalue weighted by Gasteiger charge is -2.50. The maximum absolute atomic E-state index is 10.0. The van der Waals surface area contributed by atoms with Crippen LogP contribution in [0.5, 0.6) is 0 Å². The van der Waals surface area contributed by atoms with Crippen LogP contribution in [0.3, 0.4) is 0 Å². The van der Waals surface area contributed by atoms with E-state index < -0.39 is 0 Å². The minimum absolute atomic E-state index is 0.134. The molecule has 3 fully saturated rings. The molecule has 0 aromatic carbocycles. The van der Waals surface area contributed by atoms with Crippen LogP contribution in [-0.2, 0) is 4.74 Å². The number of likely N-dealkylation sites (tertiary alicyclic amines) is 1. The smallest absolute Gasteiger partial charge is 0.0697 e. The summed E-state index contributed by atoms with van der Waals surface area (Å²) in [4.78, 5) is 4.82. The highest BCUT2D eigenvalue weighted by molar-refractivity contribution is 5.00. The van der Waals surface area contributed by atoms with Gasteiger partial charge in [-0.3, -0.25) is 4.90 Å². The Labute approximate surface area is 116 Å². The van der Waals surface area contributed by atoms with E-state index in [1.807, 2.05) is 0 Å². The van der Waals surface area contributed by atoms with E-state index in [1.54, 1.807) is 0 Å². The first kappa shape index (κ1) is 13.8. The number of aliphatic hydroxyl groups is 1. The minimum Gasteiger partial charge on any atom is -0.392 e. The fourth-order valence-corrected chi connectivity index (χ4v) is 4.17.